The second-order valence-corrected chi connectivity index (χ2v) is 7.69. The van der Waals surface area contributed by atoms with Crippen LogP contribution in [0, 0.1) is 11.8 Å². The first-order chi connectivity index (χ1) is 9.83. The number of nitrogens with zero attached hydrogens (tertiary/aromatic N) is 2. The van der Waals surface area contributed by atoms with E-state index in [2.05, 4.69) is 25.9 Å². The maximum atomic E-state index is 4.99. The van der Waals surface area contributed by atoms with E-state index in [0.717, 1.165) is 18.4 Å². The highest BCUT2D eigenvalue weighted by atomic mass is 79.9. The van der Waals surface area contributed by atoms with Crippen molar-refractivity contribution in [2.45, 2.75) is 63.8 Å². The van der Waals surface area contributed by atoms with E-state index in [0.29, 0.717) is 6.04 Å². The molecule has 3 nitrogen and oxygen atoms in total. The van der Waals surface area contributed by atoms with Gasteiger partial charge in [0.05, 0.1) is 16.2 Å². The van der Waals surface area contributed by atoms with Gasteiger partial charge in [0.15, 0.2) is 0 Å². The monoisotopic (exact) mass is 337 g/mol. The smallest absolute Gasteiger partial charge is 0.139 e. The van der Waals surface area contributed by atoms with E-state index in [1.54, 1.807) is 0 Å². The van der Waals surface area contributed by atoms with Crippen LogP contribution in [-0.4, -0.2) is 16.3 Å². The molecular formula is C16H24BrN3. The minimum absolute atomic E-state index is 0.655. The molecule has 4 heteroatoms. The van der Waals surface area contributed by atoms with Crippen LogP contribution in [0.25, 0.3) is 0 Å². The highest BCUT2D eigenvalue weighted by Crippen LogP contribution is 2.43. The molecule has 2 heterocycles. The first-order valence-corrected chi connectivity index (χ1v) is 9.13. The fourth-order valence-corrected chi connectivity index (χ4v) is 5.02. The lowest BCUT2D eigenvalue weighted by atomic mass is 9.86. The quantitative estimate of drug-likeness (QED) is 0.858. The highest BCUT2D eigenvalue weighted by molar-refractivity contribution is 9.10. The SMILES string of the molecule is Brc1c(CC2CCCCC2)nn2c1NCC1CCCC12. The van der Waals surface area contributed by atoms with Gasteiger partial charge in [0.25, 0.3) is 0 Å². The third kappa shape index (κ3) is 2.20. The summed E-state index contributed by atoms with van der Waals surface area (Å²) in [6, 6.07) is 0.655. The number of fused-ring (bicyclic) bond motifs is 3. The molecule has 0 spiro atoms. The highest BCUT2D eigenvalue weighted by Gasteiger charge is 2.36. The molecule has 1 aromatic rings. The summed E-state index contributed by atoms with van der Waals surface area (Å²) in [6.45, 7) is 1.14. The molecule has 3 aliphatic rings. The summed E-state index contributed by atoms with van der Waals surface area (Å²) < 4.78 is 3.55. The summed E-state index contributed by atoms with van der Waals surface area (Å²) in [4.78, 5) is 0. The molecule has 2 atom stereocenters. The van der Waals surface area contributed by atoms with E-state index in [9.17, 15) is 0 Å². The summed E-state index contributed by atoms with van der Waals surface area (Å²) in [7, 11) is 0. The summed E-state index contributed by atoms with van der Waals surface area (Å²) in [5.41, 5.74) is 1.30. The molecule has 1 N–H and O–H groups in total. The zero-order valence-corrected chi connectivity index (χ0v) is 13.7. The molecule has 0 saturated heterocycles. The molecule has 4 rings (SSSR count). The summed E-state index contributed by atoms with van der Waals surface area (Å²) in [5.74, 6) is 2.91. The van der Waals surface area contributed by atoms with Crippen LogP contribution < -0.4 is 5.32 Å². The van der Waals surface area contributed by atoms with Crippen LogP contribution in [0.2, 0.25) is 0 Å². The lowest BCUT2D eigenvalue weighted by Crippen LogP contribution is -2.29. The topological polar surface area (TPSA) is 29.9 Å². The number of halogens is 1. The van der Waals surface area contributed by atoms with Crippen LogP contribution in [0.15, 0.2) is 4.47 Å². The van der Waals surface area contributed by atoms with Crippen molar-refractivity contribution in [3.8, 4) is 0 Å². The molecule has 20 heavy (non-hydrogen) atoms. The Balaban J connectivity index is 1.58. The summed E-state index contributed by atoms with van der Waals surface area (Å²) in [5, 5.41) is 8.61. The van der Waals surface area contributed by atoms with Gasteiger partial charge in [0.2, 0.25) is 0 Å². The molecule has 0 bridgehead atoms. The number of aromatic nitrogens is 2. The predicted octanol–water partition coefficient (Wildman–Crippen LogP) is 4.54. The van der Waals surface area contributed by atoms with E-state index in [4.69, 9.17) is 5.10 Å². The van der Waals surface area contributed by atoms with Crippen molar-refractivity contribution in [3.63, 3.8) is 0 Å². The van der Waals surface area contributed by atoms with Crippen molar-refractivity contribution in [2.24, 2.45) is 11.8 Å². The van der Waals surface area contributed by atoms with Crippen LogP contribution in [0.5, 0.6) is 0 Å². The van der Waals surface area contributed by atoms with Crippen molar-refractivity contribution >= 4 is 21.7 Å². The Bertz CT molecular complexity index is 490. The second-order valence-electron chi connectivity index (χ2n) is 6.90. The van der Waals surface area contributed by atoms with E-state index in [1.165, 1.54) is 73.8 Å². The fraction of sp³-hybridized carbons (Fsp3) is 0.812. The van der Waals surface area contributed by atoms with E-state index in [-0.39, 0.29) is 0 Å². The van der Waals surface area contributed by atoms with Gasteiger partial charge < -0.3 is 5.32 Å². The largest absolute Gasteiger partial charge is 0.369 e. The Morgan fingerprint density at radius 1 is 1.10 bits per heavy atom. The Hall–Kier alpha value is -0.510. The molecular weight excluding hydrogens is 314 g/mol. The molecule has 2 aliphatic carbocycles. The molecule has 0 radical (unpaired) electrons. The van der Waals surface area contributed by atoms with Gasteiger partial charge in [-0.05, 0) is 47.0 Å². The minimum Gasteiger partial charge on any atom is -0.369 e. The van der Waals surface area contributed by atoms with Crippen LogP contribution in [-0.2, 0) is 6.42 Å². The normalized spacial score (nSPS) is 29.9. The van der Waals surface area contributed by atoms with Gasteiger partial charge in [-0.2, -0.15) is 5.10 Å². The fourth-order valence-electron chi connectivity index (χ4n) is 4.46. The number of hydrogen-bond acceptors (Lipinski definition) is 2. The number of rotatable bonds is 2. The maximum Gasteiger partial charge on any atom is 0.139 e. The number of nitrogens with one attached hydrogen (secondary N) is 1. The summed E-state index contributed by atoms with van der Waals surface area (Å²) in [6.07, 6.45) is 12.3. The predicted molar refractivity (Wildman–Crippen MR) is 85.1 cm³/mol. The molecule has 0 amide bonds. The molecule has 0 aromatic carbocycles. The van der Waals surface area contributed by atoms with Gasteiger partial charge in [-0.1, -0.05) is 38.5 Å². The van der Waals surface area contributed by atoms with Crippen molar-refractivity contribution in [1.29, 1.82) is 0 Å². The summed E-state index contributed by atoms with van der Waals surface area (Å²) >= 11 is 3.81. The first kappa shape index (κ1) is 13.2. The number of anilines is 1. The van der Waals surface area contributed by atoms with Gasteiger partial charge in [-0.25, -0.2) is 4.68 Å². The molecule has 1 aliphatic heterocycles. The number of hydrogen-bond donors (Lipinski definition) is 1. The molecule has 110 valence electrons. The zero-order valence-electron chi connectivity index (χ0n) is 12.1. The van der Waals surface area contributed by atoms with Gasteiger partial charge >= 0.3 is 0 Å². The first-order valence-electron chi connectivity index (χ1n) is 8.33. The maximum absolute atomic E-state index is 4.99. The Kier molecular flexibility index (Phi) is 3.53. The van der Waals surface area contributed by atoms with Crippen LogP contribution >= 0.6 is 15.9 Å². The van der Waals surface area contributed by atoms with Crippen LogP contribution in [0.1, 0.15) is 63.1 Å². The van der Waals surface area contributed by atoms with Crippen molar-refractivity contribution < 1.29 is 0 Å². The van der Waals surface area contributed by atoms with Gasteiger partial charge in [0, 0.05) is 6.54 Å². The molecule has 2 saturated carbocycles. The standard InChI is InChI=1S/C16H24BrN3/c17-15-13(9-11-5-2-1-3-6-11)19-20-14-8-4-7-12(14)10-18-16(15)20/h11-12,14,18H,1-10H2. The average Bonchev–Trinajstić information content (AvgIpc) is 3.06. The van der Waals surface area contributed by atoms with Crippen LogP contribution in [0.3, 0.4) is 0 Å². The molecule has 2 fully saturated rings. The lowest BCUT2D eigenvalue weighted by Gasteiger charge is -2.28. The average molecular weight is 338 g/mol. The van der Waals surface area contributed by atoms with Gasteiger partial charge in [-0.15, -0.1) is 0 Å². The van der Waals surface area contributed by atoms with Crippen molar-refractivity contribution in [1.82, 2.24) is 9.78 Å². The Labute approximate surface area is 129 Å². The van der Waals surface area contributed by atoms with E-state index >= 15 is 0 Å². The van der Waals surface area contributed by atoms with Gasteiger partial charge in [0.1, 0.15) is 5.82 Å². The van der Waals surface area contributed by atoms with E-state index in [1.807, 2.05) is 0 Å². The molecule has 2 unspecified atom stereocenters. The second kappa shape index (κ2) is 5.36. The zero-order chi connectivity index (χ0) is 13.5. The lowest BCUT2D eigenvalue weighted by molar-refractivity contribution is 0.335. The third-order valence-corrected chi connectivity index (χ3v) is 6.42. The third-order valence-electron chi connectivity index (χ3n) is 5.59. The van der Waals surface area contributed by atoms with Gasteiger partial charge in [-0.3, -0.25) is 0 Å². The van der Waals surface area contributed by atoms with Crippen molar-refractivity contribution in [3.05, 3.63) is 10.2 Å². The Morgan fingerprint density at radius 2 is 1.95 bits per heavy atom. The van der Waals surface area contributed by atoms with E-state index < -0.39 is 0 Å². The van der Waals surface area contributed by atoms with Crippen LogP contribution in [0.4, 0.5) is 5.82 Å². The van der Waals surface area contributed by atoms with Crippen molar-refractivity contribution in [2.75, 3.05) is 11.9 Å². The minimum atomic E-state index is 0.655. The Morgan fingerprint density at radius 3 is 2.80 bits per heavy atom. The molecule has 1 aromatic heterocycles.